The predicted molar refractivity (Wildman–Crippen MR) is 113 cm³/mol. The van der Waals surface area contributed by atoms with Crippen molar-refractivity contribution in [2.24, 2.45) is 0 Å². The maximum absolute atomic E-state index is 5.66. The lowest BCUT2D eigenvalue weighted by atomic mass is 10.1. The number of anilines is 3. The summed E-state index contributed by atoms with van der Waals surface area (Å²) in [5.74, 6) is 3.05. The zero-order chi connectivity index (χ0) is 19.8. The molecule has 0 radical (unpaired) electrons. The first kappa shape index (κ1) is 19.5. The van der Waals surface area contributed by atoms with Crippen molar-refractivity contribution in [3.8, 4) is 11.5 Å². The van der Waals surface area contributed by atoms with Crippen molar-refractivity contribution in [2.45, 2.75) is 26.4 Å². The summed E-state index contributed by atoms with van der Waals surface area (Å²) in [5.41, 5.74) is 2.17. The molecule has 0 aliphatic heterocycles. The molecule has 3 rings (SSSR count). The van der Waals surface area contributed by atoms with Gasteiger partial charge < -0.3 is 20.1 Å². The lowest BCUT2D eigenvalue weighted by Crippen LogP contribution is -2.08. The van der Waals surface area contributed by atoms with Gasteiger partial charge >= 0.3 is 0 Å². The van der Waals surface area contributed by atoms with E-state index in [-0.39, 0.29) is 6.10 Å². The number of aromatic nitrogens is 2. The molecule has 0 saturated carbocycles. The third kappa shape index (κ3) is 5.87. The number of nitrogens with zero attached hydrogens (tertiary/aromatic N) is 2. The third-order valence-corrected chi connectivity index (χ3v) is 4.01. The van der Waals surface area contributed by atoms with Gasteiger partial charge in [-0.3, -0.25) is 0 Å². The van der Waals surface area contributed by atoms with Gasteiger partial charge in [-0.2, -0.15) is 4.98 Å². The average Bonchev–Trinajstić information content (AvgIpc) is 2.70. The molecule has 0 fully saturated rings. The molecular formula is C22H26N4O2. The van der Waals surface area contributed by atoms with Crippen LogP contribution >= 0.6 is 0 Å². The van der Waals surface area contributed by atoms with Crippen LogP contribution in [-0.4, -0.2) is 29.7 Å². The highest BCUT2D eigenvalue weighted by molar-refractivity contribution is 5.57. The standard InChI is InChI=1S/C22H26N4O2/c1-16(2)28-20-10-6-18(7-11-20)25-21-13-15-24-22(26-21)23-14-12-17-4-8-19(27-3)9-5-17/h4-11,13,15-16H,12,14H2,1-3H3,(H2,23,24,25,26). The molecule has 0 bridgehead atoms. The van der Waals surface area contributed by atoms with E-state index in [0.717, 1.165) is 36.0 Å². The molecule has 2 N–H and O–H groups in total. The van der Waals surface area contributed by atoms with Crippen LogP contribution in [0, 0.1) is 0 Å². The molecule has 0 saturated heterocycles. The molecular weight excluding hydrogens is 352 g/mol. The molecule has 6 nitrogen and oxygen atoms in total. The fraction of sp³-hybridized carbons (Fsp3) is 0.273. The van der Waals surface area contributed by atoms with Crippen molar-refractivity contribution in [2.75, 3.05) is 24.3 Å². The number of hydrogen-bond acceptors (Lipinski definition) is 6. The van der Waals surface area contributed by atoms with E-state index >= 15 is 0 Å². The largest absolute Gasteiger partial charge is 0.497 e. The minimum Gasteiger partial charge on any atom is -0.497 e. The summed E-state index contributed by atoms with van der Waals surface area (Å²) in [5, 5.41) is 6.55. The van der Waals surface area contributed by atoms with E-state index in [4.69, 9.17) is 9.47 Å². The maximum Gasteiger partial charge on any atom is 0.224 e. The van der Waals surface area contributed by atoms with Crippen LogP contribution in [0.2, 0.25) is 0 Å². The molecule has 146 valence electrons. The molecule has 0 spiro atoms. The van der Waals surface area contributed by atoms with Gasteiger partial charge in [-0.15, -0.1) is 0 Å². The van der Waals surface area contributed by atoms with Crippen molar-refractivity contribution in [3.63, 3.8) is 0 Å². The van der Waals surface area contributed by atoms with E-state index < -0.39 is 0 Å². The third-order valence-electron chi connectivity index (χ3n) is 4.01. The van der Waals surface area contributed by atoms with Crippen molar-refractivity contribution in [1.29, 1.82) is 0 Å². The molecule has 3 aromatic rings. The Kier molecular flexibility index (Phi) is 6.68. The lowest BCUT2D eigenvalue weighted by molar-refractivity contribution is 0.242. The highest BCUT2D eigenvalue weighted by Crippen LogP contribution is 2.20. The maximum atomic E-state index is 5.66. The fourth-order valence-electron chi connectivity index (χ4n) is 2.66. The molecule has 1 heterocycles. The Morgan fingerprint density at radius 2 is 1.64 bits per heavy atom. The van der Waals surface area contributed by atoms with Gasteiger partial charge in [-0.25, -0.2) is 4.98 Å². The molecule has 28 heavy (non-hydrogen) atoms. The van der Waals surface area contributed by atoms with Crippen LogP contribution in [0.4, 0.5) is 17.5 Å². The second-order valence-electron chi connectivity index (χ2n) is 6.61. The summed E-state index contributed by atoms with van der Waals surface area (Å²) in [6.45, 7) is 4.77. The van der Waals surface area contributed by atoms with Crippen molar-refractivity contribution >= 4 is 17.5 Å². The summed E-state index contributed by atoms with van der Waals surface area (Å²) in [4.78, 5) is 8.80. The van der Waals surface area contributed by atoms with Gasteiger partial charge in [0.1, 0.15) is 17.3 Å². The first-order chi connectivity index (χ1) is 13.6. The Morgan fingerprint density at radius 3 is 2.32 bits per heavy atom. The topological polar surface area (TPSA) is 68.3 Å². The van der Waals surface area contributed by atoms with Crippen LogP contribution in [0.3, 0.4) is 0 Å². The van der Waals surface area contributed by atoms with Crippen LogP contribution in [0.15, 0.2) is 60.8 Å². The summed E-state index contributed by atoms with van der Waals surface area (Å²) in [6.07, 6.45) is 2.77. The Morgan fingerprint density at radius 1 is 0.929 bits per heavy atom. The molecule has 0 atom stereocenters. The second-order valence-corrected chi connectivity index (χ2v) is 6.61. The summed E-state index contributed by atoms with van der Waals surface area (Å²) in [7, 11) is 1.67. The van der Waals surface area contributed by atoms with Crippen LogP contribution in [0.1, 0.15) is 19.4 Å². The first-order valence-electron chi connectivity index (χ1n) is 9.36. The normalized spacial score (nSPS) is 10.6. The van der Waals surface area contributed by atoms with E-state index in [1.165, 1.54) is 5.56 Å². The average molecular weight is 378 g/mol. The Bertz CT molecular complexity index is 864. The highest BCUT2D eigenvalue weighted by atomic mass is 16.5. The van der Waals surface area contributed by atoms with Gasteiger partial charge in [0.15, 0.2) is 0 Å². The van der Waals surface area contributed by atoms with Crippen LogP contribution in [-0.2, 0) is 6.42 Å². The van der Waals surface area contributed by atoms with Gasteiger partial charge in [0.25, 0.3) is 0 Å². The molecule has 2 aromatic carbocycles. The quantitative estimate of drug-likeness (QED) is 0.564. The van der Waals surface area contributed by atoms with Crippen LogP contribution < -0.4 is 20.1 Å². The molecule has 0 aliphatic carbocycles. The van der Waals surface area contributed by atoms with Crippen LogP contribution in [0.5, 0.6) is 11.5 Å². The summed E-state index contributed by atoms with van der Waals surface area (Å²) < 4.78 is 10.8. The highest BCUT2D eigenvalue weighted by Gasteiger charge is 2.02. The van der Waals surface area contributed by atoms with Crippen LogP contribution in [0.25, 0.3) is 0 Å². The van der Waals surface area contributed by atoms with E-state index in [1.807, 2.05) is 56.3 Å². The minimum absolute atomic E-state index is 0.159. The van der Waals surface area contributed by atoms with Crippen molar-refractivity contribution in [3.05, 3.63) is 66.4 Å². The van der Waals surface area contributed by atoms with E-state index in [9.17, 15) is 0 Å². The summed E-state index contributed by atoms with van der Waals surface area (Å²) in [6, 6.07) is 17.7. The zero-order valence-electron chi connectivity index (χ0n) is 16.5. The zero-order valence-corrected chi connectivity index (χ0v) is 16.5. The Labute approximate surface area is 166 Å². The SMILES string of the molecule is COc1ccc(CCNc2nccc(Nc3ccc(OC(C)C)cc3)n2)cc1. The number of ether oxygens (including phenoxy) is 2. The van der Waals surface area contributed by atoms with Gasteiger partial charge in [0.2, 0.25) is 5.95 Å². The van der Waals surface area contributed by atoms with E-state index in [1.54, 1.807) is 13.3 Å². The fourth-order valence-corrected chi connectivity index (χ4v) is 2.66. The number of rotatable bonds is 9. The number of methoxy groups -OCH3 is 1. The minimum atomic E-state index is 0.159. The Hall–Kier alpha value is -3.28. The van der Waals surface area contributed by atoms with Gasteiger partial charge in [0.05, 0.1) is 13.2 Å². The first-order valence-corrected chi connectivity index (χ1v) is 9.36. The molecule has 0 aliphatic rings. The summed E-state index contributed by atoms with van der Waals surface area (Å²) >= 11 is 0. The van der Waals surface area contributed by atoms with Crippen molar-refractivity contribution < 1.29 is 9.47 Å². The molecule has 0 unspecified atom stereocenters. The number of hydrogen-bond donors (Lipinski definition) is 2. The number of nitrogens with one attached hydrogen (secondary N) is 2. The van der Waals surface area contributed by atoms with Gasteiger partial charge in [-0.05, 0) is 68.3 Å². The van der Waals surface area contributed by atoms with Gasteiger partial charge in [-0.1, -0.05) is 12.1 Å². The lowest BCUT2D eigenvalue weighted by Gasteiger charge is -2.11. The van der Waals surface area contributed by atoms with E-state index in [2.05, 4.69) is 32.7 Å². The van der Waals surface area contributed by atoms with Crippen molar-refractivity contribution in [1.82, 2.24) is 9.97 Å². The molecule has 1 aromatic heterocycles. The number of benzene rings is 2. The smallest absolute Gasteiger partial charge is 0.224 e. The monoisotopic (exact) mass is 378 g/mol. The predicted octanol–water partition coefficient (Wildman–Crippen LogP) is 4.67. The van der Waals surface area contributed by atoms with Gasteiger partial charge in [0, 0.05) is 18.4 Å². The molecule has 0 amide bonds. The Balaban J connectivity index is 1.53. The molecule has 6 heteroatoms. The second kappa shape index (κ2) is 9.60. The van der Waals surface area contributed by atoms with E-state index in [0.29, 0.717) is 5.95 Å².